The summed E-state index contributed by atoms with van der Waals surface area (Å²) in [6.45, 7) is 2.63. The number of nitrogens with zero attached hydrogens (tertiary/aromatic N) is 3. The number of hydrogen-bond donors (Lipinski definition) is 1. The summed E-state index contributed by atoms with van der Waals surface area (Å²) in [5.41, 5.74) is 2.91. The number of rotatable bonds is 6. The summed E-state index contributed by atoms with van der Waals surface area (Å²) in [5, 5.41) is 9.87. The minimum atomic E-state index is -3.88. The molecule has 0 radical (unpaired) electrons. The van der Waals surface area contributed by atoms with Gasteiger partial charge in [0, 0.05) is 36.4 Å². The smallest absolute Gasteiger partial charge is 0.304 e. The molecule has 10 heteroatoms. The van der Waals surface area contributed by atoms with Crippen LogP contribution in [0.1, 0.15) is 28.3 Å². The zero-order valence-electron chi connectivity index (χ0n) is 15.8. The number of carbonyl (C=O) groups excluding carboxylic acids is 1. The molecular weight excluding hydrogens is 412 g/mol. The highest BCUT2D eigenvalue weighted by atomic mass is 32.2. The number of nitrogens with one attached hydrogen (secondary N) is 1. The van der Waals surface area contributed by atoms with Crippen molar-refractivity contribution in [3.8, 4) is 11.5 Å². The van der Waals surface area contributed by atoms with Crippen LogP contribution in [0.5, 0.6) is 0 Å². The Hall–Kier alpha value is -2.56. The highest BCUT2D eigenvalue weighted by Crippen LogP contribution is 2.25. The standard InChI is InChI=1S/C19H20N4O4S2/c1-13-2-4-14(5-3-13)19-21-20-18(27-19)7-6-17(24)22-29(25,26)23-10-8-16-15(12-23)9-11-28-16/h2-5,9,11H,6-8,10,12H2,1H3,(H,22,24). The molecule has 2 aromatic heterocycles. The first-order chi connectivity index (χ1) is 13.9. The number of amides is 1. The number of aromatic nitrogens is 2. The Bertz CT molecular complexity index is 1120. The maximum atomic E-state index is 12.5. The van der Waals surface area contributed by atoms with Crippen LogP contribution >= 0.6 is 11.3 Å². The van der Waals surface area contributed by atoms with Crippen molar-refractivity contribution in [2.24, 2.45) is 0 Å². The summed E-state index contributed by atoms with van der Waals surface area (Å²) >= 11 is 1.63. The van der Waals surface area contributed by atoms with Gasteiger partial charge in [-0.1, -0.05) is 17.7 Å². The average molecular weight is 433 g/mol. The van der Waals surface area contributed by atoms with Gasteiger partial charge < -0.3 is 4.42 Å². The van der Waals surface area contributed by atoms with Crippen LogP contribution in [0.15, 0.2) is 40.1 Å². The molecule has 0 aliphatic carbocycles. The molecule has 4 rings (SSSR count). The molecule has 29 heavy (non-hydrogen) atoms. The van der Waals surface area contributed by atoms with Crippen molar-refractivity contribution in [2.45, 2.75) is 32.7 Å². The van der Waals surface area contributed by atoms with Crippen molar-refractivity contribution < 1.29 is 17.6 Å². The lowest BCUT2D eigenvalue weighted by Crippen LogP contribution is -2.45. The van der Waals surface area contributed by atoms with Crippen molar-refractivity contribution in [2.75, 3.05) is 6.54 Å². The number of thiophene rings is 1. The number of benzene rings is 1. The first-order valence-corrected chi connectivity index (χ1v) is 11.5. The van der Waals surface area contributed by atoms with Gasteiger partial charge in [0.05, 0.1) is 0 Å². The van der Waals surface area contributed by atoms with Crippen LogP contribution in [-0.2, 0) is 34.4 Å². The second-order valence-corrected chi connectivity index (χ2v) is 9.52. The third kappa shape index (κ3) is 4.55. The quantitative estimate of drug-likeness (QED) is 0.641. The largest absolute Gasteiger partial charge is 0.421 e. The van der Waals surface area contributed by atoms with Gasteiger partial charge in [0.2, 0.25) is 17.7 Å². The fourth-order valence-electron chi connectivity index (χ4n) is 3.08. The average Bonchev–Trinajstić information content (AvgIpc) is 3.35. The molecule has 0 saturated heterocycles. The van der Waals surface area contributed by atoms with Crippen LogP contribution in [-0.4, -0.2) is 35.4 Å². The highest BCUT2D eigenvalue weighted by Gasteiger charge is 2.28. The van der Waals surface area contributed by atoms with Gasteiger partial charge in [0.1, 0.15) is 0 Å². The van der Waals surface area contributed by atoms with Gasteiger partial charge >= 0.3 is 10.2 Å². The Labute approximate surface area is 172 Å². The van der Waals surface area contributed by atoms with Crippen LogP contribution in [0.4, 0.5) is 0 Å². The molecule has 0 bridgehead atoms. The number of aryl methyl sites for hydroxylation is 2. The van der Waals surface area contributed by atoms with Crippen molar-refractivity contribution in [1.82, 2.24) is 19.2 Å². The van der Waals surface area contributed by atoms with Gasteiger partial charge in [-0.2, -0.15) is 12.7 Å². The molecule has 1 aromatic carbocycles. The minimum absolute atomic E-state index is 0.0632. The molecule has 1 aliphatic rings. The zero-order valence-corrected chi connectivity index (χ0v) is 17.4. The Morgan fingerprint density at radius 2 is 2.03 bits per heavy atom. The second kappa shape index (κ2) is 8.05. The third-order valence-electron chi connectivity index (χ3n) is 4.69. The molecule has 8 nitrogen and oxygen atoms in total. The predicted octanol–water partition coefficient (Wildman–Crippen LogP) is 2.46. The Morgan fingerprint density at radius 1 is 1.24 bits per heavy atom. The molecule has 0 spiro atoms. The molecule has 1 N–H and O–H groups in total. The van der Waals surface area contributed by atoms with Gasteiger partial charge in [-0.15, -0.1) is 21.5 Å². The number of hydrogen-bond acceptors (Lipinski definition) is 7. The molecule has 0 fully saturated rings. The zero-order chi connectivity index (χ0) is 20.4. The SMILES string of the molecule is Cc1ccc(-c2nnc(CCC(=O)NS(=O)(=O)N3CCc4sccc4C3)o2)cc1. The molecule has 3 heterocycles. The van der Waals surface area contributed by atoms with E-state index in [4.69, 9.17) is 4.42 Å². The van der Waals surface area contributed by atoms with Crippen molar-refractivity contribution in [1.29, 1.82) is 0 Å². The maximum absolute atomic E-state index is 12.5. The second-order valence-electron chi connectivity index (χ2n) is 6.85. The van der Waals surface area contributed by atoms with Crippen molar-refractivity contribution >= 4 is 27.5 Å². The highest BCUT2D eigenvalue weighted by molar-refractivity contribution is 7.87. The minimum Gasteiger partial charge on any atom is -0.421 e. The summed E-state index contributed by atoms with van der Waals surface area (Å²) in [5.74, 6) is 0.0538. The van der Waals surface area contributed by atoms with Crippen molar-refractivity contribution in [3.05, 3.63) is 57.6 Å². The van der Waals surface area contributed by atoms with Crippen molar-refractivity contribution in [3.63, 3.8) is 0 Å². The maximum Gasteiger partial charge on any atom is 0.304 e. The van der Waals surface area contributed by atoms with Crippen LogP contribution in [0, 0.1) is 6.92 Å². The molecule has 0 saturated carbocycles. The molecule has 3 aromatic rings. The van der Waals surface area contributed by atoms with E-state index in [1.54, 1.807) is 11.3 Å². The number of fused-ring (bicyclic) bond motifs is 1. The van der Waals surface area contributed by atoms with E-state index in [0.717, 1.165) is 16.7 Å². The van der Waals surface area contributed by atoms with Crippen LogP contribution in [0.2, 0.25) is 0 Å². The van der Waals surface area contributed by atoms with Gasteiger partial charge in [-0.3, -0.25) is 4.79 Å². The Balaban J connectivity index is 1.33. The lowest BCUT2D eigenvalue weighted by Gasteiger charge is -2.26. The van der Waals surface area contributed by atoms with Gasteiger partial charge in [-0.05, 0) is 42.5 Å². The van der Waals surface area contributed by atoms with Crippen LogP contribution in [0.3, 0.4) is 0 Å². The van der Waals surface area contributed by atoms with E-state index in [2.05, 4.69) is 14.9 Å². The normalized spacial score (nSPS) is 14.5. The number of carbonyl (C=O) groups is 1. The van der Waals surface area contributed by atoms with E-state index in [1.165, 1.54) is 9.18 Å². The molecule has 152 valence electrons. The summed E-state index contributed by atoms with van der Waals surface area (Å²) in [6.07, 6.45) is 0.757. The Kier molecular flexibility index (Phi) is 5.48. The van der Waals surface area contributed by atoms with Crippen LogP contribution < -0.4 is 4.72 Å². The first-order valence-electron chi connectivity index (χ1n) is 9.16. The lowest BCUT2D eigenvalue weighted by molar-refractivity contribution is -0.119. The van der Waals surface area contributed by atoms with E-state index in [0.29, 0.717) is 18.9 Å². The topological polar surface area (TPSA) is 105 Å². The summed E-state index contributed by atoms with van der Waals surface area (Å²) < 4.78 is 34.0. The summed E-state index contributed by atoms with van der Waals surface area (Å²) in [4.78, 5) is 13.4. The Morgan fingerprint density at radius 3 is 2.83 bits per heavy atom. The van der Waals surface area contributed by atoms with Gasteiger partial charge in [0.15, 0.2) is 0 Å². The molecule has 1 amide bonds. The van der Waals surface area contributed by atoms with E-state index < -0.39 is 16.1 Å². The van der Waals surface area contributed by atoms with E-state index in [1.807, 2.05) is 42.6 Å². The van der Waals surface area contributed by atoms with Gasteiger partial charge in [0.25, 0.3) is 0 Å². The lowest BCUT2D eigenvalue weighted by atomic mass is 10.1. The monoisotopic (exact) mass is 432 g/mol. The molecular formula is C19H20N4O4S2. The van der Waals surface area contributed by atoms with E-state index in [9.17, 15) is 13.2 Å². The van der Waals surface area contributed by atoms with E-state index >= 15 is 0 Å². The fraction of sp³-hybridized carbons (Fsp3) is 0.316. The predicted molar refractivity (Wildman–Crippen MR) is 108 cm³/mol. The molecule has 0 atom stereocenters. The van der Waals surface area contributed by atoms with E-state index in [-0.39, 0.29) is 25.3 Å². The first kappa shape index (κ1) is 19.7. The van der Waals surface area contributed by atoms with Gasteiger partial charge in [-0.25, -0.2) is 4.72 Å². The molecule has 1 aliphatic heterocycles. The summed E-state index contributed by atoms with van der Waals surface area (Å²) in [7, 11) is -3.88. The fourth-order valence-corrected chi connectivity index (χ4v) is 5.12. The molecule has 0 unspecified atom stereocenters. The summed E-state index contributed by atoms with van der Waals surface area (Å²) in [6, 6.07) is 9.56. The third-order valence-corrected chi connectivity index (χ3v) is 7.19. The van der Waals surface area contributed by atoms with Crippen LogP contribution in [0.25, 0.3) is 11.5 Å².